The first-order valence-corrected chi connectivity index (χ1v) is 6.62. The van der Waals surface area contributed by atoms with Gasteiger partial charge in [-0.2, -0.15) is 0 Å². The van der Waals surface area contributed by atoms with Crippen molar-refractivity contribution in [3.63, 3.8) is 0 Å². The molecule has 0 radical (unpaired) electrons. The number of aryl methyl sites for hydroxylation is 1. The zero-order valence-corrected chi connectivity index (χ0v) is 10.8. The molecule has 0 bridgehead atoms. The van der Waals surface area contributed by atoms with Gasteiger partial charge in [-0.05, 0) is 35.8 Å². The van der Waals surface area contributed by atoms with Crippen molar-refractivity contribution in [2.75, 3.05) is 0 Å². The molecule has 2 rings (SSSR count). The van der Waals surface area contributed by atoms with Crippen molar-refractivity contribution in [3.8, 4) is 0 Å². The van der Waals surface area contributed by atoms with E-state index >= 15 is 0 Å². The van der Waals surface area contributed by atoms with E-state index in [-0.39, 0.29) is 0 Å². The summed E-state index contributed by atoms with van der Waals surface area (Å²) in [5.41, 5.74) is 1.84. The maximum Gasteiger partial charge on any atom is 0.0482 e. The Balaban J connectivity index is 2.36. The minimum absolute atomic E-state index is 0.404. The molecule has 0 unspecified atom stereocenters. The Kier molecular flexibility index (Phi) is 2.44. The molecule has 0 spiro atoms. The van der Waals surface area contributed by atoms with Crippen LogP contribution in [0.4, 0.5) is 0 Å². The van der Waals surface area contributed by atoms with E-state index in [1.807, 2.05) is 22.7 Å². The van der Waals surface area contributed by atoms with Crippen molar-refractivity contribution in [1.29, 1.82) is 0 Å². The highest BCUT2D eigenvalue weighted by atomic mass is 32.1. The average Bonchev–Trinajstić information content (AvgIpc) is 2.51. The molecule has 76 valence electrons. The highest BCUT2D eigenvalue weighted by Gasteiger charge is 2.14. The van der Waals surface area contributed by atoms with E-state index < -0.39 is 0 Å². The monoisotopic (exact) mass is 224 g/mol. The number of rotatable bonds is 1. The predicted octanol–water partition coefficient (Wildman–Crippen LogP) is 4.86. The highest BCUT2D eigenvalue weighted by Crippen LogP contribution is 2.36. The SMILES string of the molecule is Cc1csc2cc(CC(C)(C)C)sc12. The molecule has 2 heterocycles. The highest BCUT2D eigenvalue weighted by molar-refractivity contribution is 7.27. The molecule has 0 aliphatic carbocycles. The van der Waals surface area contributed by atoms with Crippen molar-refractivity contribution < 1.29 is 0 Å². The fourth-order valence-electron chi connectivity index (χ4n) is 1.60. The van der Waals surface area contributed by atoms with Crippen molar-refractivity contribution in [2.45, 2.75) is 34.1 Å². The molecular formula is C12H16S2. The van der Waals surface area contributed by atoms with Gasteiger partial charge in [0.25, 0.3) is 0 Å². The fraction of sp³-hybridized carbons (Fsp3) is 0.500. The van der Waals surface area contributed by atoms with Crippen LogP contribution in [0.3, 0.4) is 0 Å². The molecular weight excluding hydrogens is 208 g/mol. The van der Waals surface area contributed by atoms with Crippen LogP contribution >= 0.6 is 22.7 Å². The van der Waals surface area contributed by atoms with Crippen LogP contribution in [0.2, 0.25) is 0 Å². The molecule has 14 heavy (non-hydrogen) atoms. The second-order valence-electron chi connectivity index (χ2n) is 5.06. The predicted molar refractivity (Wildman–Crippen MR) is 67.6 cm³/mol. The lowest BCUT2D eigenvalue weighted by Crippen LogP contribution is -2.07. The maximum absolute atomic E-state index is 2.36. The van der Waals surface area contributed by atoms with Gasteiger partial charge in [-0.1, -0.05) is 20.8 Å². The Bertz CT molecular complexity index is 440. The van der Waals surface area contributed by atoms with Crippen LogP contribution in [0.5, 0.6) is 0 Å². The second kappa shape index (κ2) is 3.35. The Morgan fingerprint density at radius 1 is 1.29 bits per heavy atom. The first-order chi connectivity index (χ1) is 6.46. The molecule has 2 heteroatoms. The summed E-state index contributed by atoms with van der Waals surface area (Å²) in [6, 6.07) is 2.36. The Hall–Kier alpha value is -0.340. The molecule has 0 saturated heterocycles. The van der Waals surface area contributed by atoms with Crippen LogP contribution in [0.1, 0.15) is 31.2 Å². The molecule has 2 aromatic rings. The minimum atomic E-state index is 0.404. The molecule has 2 aromatic heterocycles. The number of hydrogen-bond acceptors (Lipinski definition) is 2. The molecule has 0 aliphatic heterocycles. The summed E-state index contributed by atoms with van der Waals surface area (Å²) in [7, 11) is 0. The van der Waals surface area contributed by atoms with Crippen LogP contribution < -0.4 is 0 Å². The smallest absolute Gasteiger partial charge is 0.0482 e. The summed E-state index contributed by atoms with van der Waals surface area (Å²) in [5, 5.41) is 2.25. The van der Waals surface area contributed by atoms with Gasteiger partial charge in [-0.3, -0.25) is 0 Å². The first-order valence-electron chi connectivity index (χ1n) is 4.92. The normalized spacial score (nSPS) is 12.6. The van der Waals surface area contributed by atoms with Gasteiger partial charge in [0.15, 0.2) is 0 Å². The Morgan fingerprint density at radius 3 is 2.57 bits per heavy atom. The van der Waals surface area contributed by atoms with Gasteiger partial charge in [0.1, 0.15) is 0 Å². The van der Waals surface area contributed by atoms with Crippen LogP contribution in [-0.2, 0) is 6.42 Å². The maximum atomic E-state index is 2.36. The van der Waals surface area contributed by atoms with Crippen LogP contribution in [-0.4, -0.2) is 0 Å². The number of hydrogen-bond donors (Lipinski definition) is 0. The lowest BCUT2D eigenvalue weighted by Gasteiger charge is -2.16. The summed E-state index contributed by atoms with van der Waals surface area (Å²) >= 11 is 3.84. The summed E-state index contributed by atoms with van der Waals surface area (Å²) in [5.74, 6) is 0. The van der Waals surface area contributed by atoms with Crippen molar-refractivity contribution in [2.24, 2.45) is 5.41 Å². The van der Waals surface area contributed by atoms with Gasteiger partial charge in [0.05, 0.1) is 0 Å². The van der Waals surface area contributed by atoms with Crippen LogP contribution in [0, 0.1) is 12.3 Å². The van der Waals surface area contributed by atoms with Crippen LogP contribution in [0.15, 0.2) is 11.4 Å². The first kappa shape index (κ1) is 10.2. The van der Waals surface area contributed by atoms with Gasteiger partial charge in [0.2, 0.25) is 0 Å². The molecule has 0 N–H and O–H groups in total. The fourth-order valence-corrected chi connectivity index (χ4v) is 4.24. The quantitative estimate of drug-likeness (QED) is 0.649. The van der Waals surface area contributed by atoms with Gasteiger partial charge < -0.3 is 0 Å². The van der Waals surface area contributed by atoms with E-state index in [0.29, 0.717) is 5.41 Å². The zero-order chi connectivity index (χ0) is 10.3. The van der Waals surface area contributed by atoms with Gasteiger partial charge >= 0.3 is 0 Å². The summed E-state index contributed by atoms with van der Waals surface area (Å²) < 4.78 is 2.96. The largest absolute Gasteiger partial charge is 0.143 e. The summed E-state index contributed by atoms with van der Waals surface area (Å²) in [6.07, 6.45) is 1.19. The average molecular weight is 224 g/mol. The molecule has 0 fully saturated rings. The third-order valence-corrected chi connectivity index (χ3v) is 4.62. The van der Waals surface area contributed by atoms with E-state index in [9.17, 15) is 0 Å². The molecule has 0 aromatic carbocycles. The van der Waals surface area contributed by atoms with E-state index in [2.05, 4.69) is 39.1 Å². The molecule has 0 atom stereocenters. The van der Waals surface area contributed by atoms with Gasteiger partial charge in [0, 0.05) is 14.3 Å². The standard InChI is InChI=1S/C12H16S2/c1-8-7-13-10-5-9(14-11(8)10)6-12(2,3)4/h5,7H,6H2,1-4H3. The minimum Gasteiger partial charge on any atom is -0.143 e. The van der Waals surface area contributed by atoms with E-state index in [1.165, 1.54) is 26.3 Å². The third-order valence-electron chi connectivity index (χ3n) is 2.17. The second-order valence-corrected chi connectivity index (χ2v) is 7.11. The Morgan fingerprint density at radius 2 is 2.00 bits per heavy atom. The van der Waals surface area contributed by atoms with Crippen molar-refractivity contribution >= 4 is 32.1 Å². The lowest BCUT2D eigenvalue weighted by molar-refractivity contribution is 0.415. The Labute approximate surface area is 93.6 Å². The number of fused-ring (bicyclic) bond motifs is 1. The van der Waals surface area contributed by atoms with Gasteiger partial charge in [-0.15, -0.1) is 22.7 Å². The molecule has 0 nitrogen and oxygen atoms in total. The van der Waals surface area contributed by atoms with Crippen molar-refractivity contribution in [1.82, 2.24) is 0 Å². The van der Waals surface area contributed by atoms with E-state index in [0.717, 1.165) is 0 Å². The number of thiophene rings is 2. The van der Waals surface area contributed by atoms with Crippen LogP contribution in [0.25, 0.3) is 9.40 Å². The molecule has 0 saturated carbocycles. The van der Waals surface area contributed by atoms with E-state index in [1.54, 1.807) is 0 Å². The molecule has 0 amide bonds. The lowest BCUT2D eigenvalue weighted by atomic mass is 9.92. The summed E-state index contributed by atoms with van der Waals surface area (Å²) in [4.78, 5) is 1.53. The zero-order valence-electron chi connectivity index (χ0n) is 9.18. The van der Waals surface area contributed by atoms with Crippen molar-refractivity contribution in [3.05, 3.63) is 21.9 Å². The third kappa shape index (κ3) is 2.01. The van der Waals surface area contributed by atoms with Gasteiger partial charge in [-0.25, -0.2) is 0 Å². The topological polar surface area (TPSA) is 0 Å². The molecule has 0 aliphatic rings. The summed E-state index contributed by atoms with van der Waals surface area (Å²) in [6.45, 7) is 9.10. The van der Waals surface area contributed by atoms with E-state index in [4.69, 9.17) is 0 Å².